The number of anilines is 5. The van der Waals surface area contributed by atoms with Crippen LogP contribution in [0.25, 0.3) is 11.0 Å². The molecule has 1 unspecified atom stereocenters. The summed E-state index contributed by atoms with van der Waals surface area (Å²) in [5.41, 5.74) is 2.46. The number of likely N-dealkylation sites (N-methyl/N-ethyl adjacent to an activating group) is 1. The second-order valence-corrected chi connectivity index (χ2v) is 10.0. The summed E-state index contributed by atoms with van der Waals surface area (Å²) in [6, 6.07) is 19.0. The van der Waals surface area contributed by atoms with Gasteiger partial charge in [0.2, 0.25) is 5.91 Å². The van der Waals surface area contributed by atoms with Crippen LogP contribution >= 0.6 is 0 Å². The van der Waals surface area contributed by atoms with Crippen molar-refractivity contribution in [2.45, 2.75) is 0 Å². The molecular weight excluding hydrogens is 546 g/mol. The highest BCUT2D eigenvalue weighted by molar-refractivity contribution is 7.81. The standard InChI is InChI=1S/C28H33N7O5S/c1-34(2)13-12-29-18-26(36)30-19-8-7-9-21(14-19)35(41(37)38)28-27(32-24-10-5-6-11-25(24)33-28)31-20-15-22(39-3)17-23(16-20)40-4/h5-11,14-17,29H,12-13,18H2,1-4H3,(H,30,36)(H,31,32)(H,37,38). The largest absolute Gasteiger partial charge is 0.497 e. The van der Waals surface area contributed by atoms with Crippen molar-refractivity contribution in [3.05, 3.63) is 66.7 Å². The van der Waals surface area contributed by atoms with Gasteiger partial charge in [-0.1, -0.05) is 18.2 Å². The zero-order valence-electron chi connectivity index (χ0n) is 23.2. The number of fused-ring (bicyclic) bond motifs is 1. The van der Waals surface area contributed by atoms with Gasteiger partial charge in [-0.25, -0.2) is 18.5 Å². The molecule has 13 heteroatoms. The molecule has 4 N–H and O–H groups in total. The smallest absolute Gasteiger partial charge is 0.268 e. The number of amides is 1. The van der Waals surface area contributed by atoms with Crippen LogP contribution in [0.3, 0.4) is 0 Å². The van der Waals surface area contributed by atoms with Gasteiger partial charge in [0, 0.05) is 42.7 Å². The summed E-state index contributed by atoms with van der Waals surface area (Å²) in [5.74, 6) is 1.17. The molecule has 1 aromatic heterocycles. The van der Waals surface area contributed by atoms with Crippen LogP contribution in [0.4, 0.5) is 28.7 Å². The van der Waals surface area contributed by atoms with E-state index in [1.807, 2.05) is 31.1 Å². The minimum absolute atomic E-state index is 0.0974. The Balaban J connectivity index is 1.69. The van der Waals surface area contributed by atoms with E-state index < -0.39 is 11.3 Å². The molecule has 4 rings (SSSR count). The maximum Gasteiger partial charge on any atom is 0.268 e. The van der Waals surface area contributed by atoms with E-state index in [1.54, 1.807) is 68.8 Å². The Morgan fingerprint density at radius 2 is 1.61 bits per heavy atom. The molecule has 0 bridgehead atoms. The minimum Gasteiger partial charge on any atom is -0.497 e. The van der Waals surface area contributed by atoms with Crippen LogP contribution in [0.1, 0.15) is 0 Å². The molecular formula is C28H33N7O5S. The van der Waals surface area contributed by atoms with E-state index in [1.165, 1.54) is 0 Å². The van der Waals surface area contributed by atoms with Crippen molar-refractivity contribution in [3.63, 3.8) is 0 Å². The van der Waals surface area contributed by atoms with E-state index in [-0.39, 0.29) is 24.1 Å². The van der Waals surface area contributed by atoms with Gasteiger partial charge in [-0.15, -0.1) is 0 Å². The van der Waals surface area contributed by atoms with E-state index in [2.05, 4.69) is 16.0 Å². The van der Waals surface area contributed by atoms with Gasteiger partial charge in [0.1, 0.15) is 11.5 Å². The van der Waals surface area contributed by atoms with Gasteiger partial charge in [-0.2, -0.15) is 0 Å². The Hall–Kier alpha value is -4.30. The van der Waals surface area contributed by atoms with E-state index in [0.29, 0.717) is 46.1 Å². The molecule has 41 heavy (non-hydrogen) atoms. The Morgan fingerprint density at radius 1 is 0.927 bits per heavy atom. The topological polar surface area (TPSA) is 141 Å². The average Bonchev–Trinajstić information content (AvgIpc) is 2.95. The molecule has 1 amide bonds. The van der Waals surface area contributed by atoms with Crippen LogP contribution in [0.15, 0.2) is 66.7 Å². The number of rotatable bonds is 13. The third-order valence-electron chi connectivity index (χ3n) is 5.90. The van der Waals surface area contributed by atoms with Crippen molar-refractivity contribution in [3.8, 4) is 11.5 Å². The van der Waals surface area contributed by atoms with Crippen LogP contribution < -0.4 is 29.7 Å². The summed E-state index contributed by atoms with van der Waals surface area (Å²) in [4.78, 5) is 23.9. The van der Waals surface area contributed by atoms with Crippen LogP contribution in [0.5, 0.6) is 11.5 Å². The second kappa shape index (κ2) is 13.9. The number of carbonyl (C=O) groups is 1. The van der Waals surface area contributed by atoms with Crippen molar-refractivity contribution in [1.29, 1.82) is 0 Å². The first-order valence-electron chi connectivity index (χ1n) is 12.7. The predicted molar refractivity (Wildman–Crippen MR) is 162 cm³/mol. The van der Waals surface area contributed by atoms with Gasteiger partial charge in [-0.3, -0.25) is 9.35 Å². The molecule has 0 radical (unpaired) electrons. The molecule has 0 aliphatic heterocycles. The van der Waals surface area contributed by atoms with Gasteiger partial charge >= 0.3 is 0 Å². The highest BCUT2D eigenvalue weighted by Gasteiger charge is 2.23. The Bertz CT molecular complexity index is 1510. The average molecular weight is 580 g/mol. The Labute approximate surface area is 241 Å². The molecule has 1 heterocycles. The number of nitrogens with one attached hydrogen (secondary N) is 3. The highest BCUT2D eigenvalue weighted by Crippen LogP contribution is 2.36. The fourth-order valence-corrected chi connectivity index (χ4v) is 4.51. The SMILES string of the molecule is COc1cc(Nc2nc3ccccc3nc2N(c2cccc(NC(=O)CNCCN(C)C)c2)S(=O)O)cc(OC)c1. The lowest BCUT2D eigenvalue weighted by Gasteiger charge is -2.23. The Kier molecular flexibility index (Phi) is 10.0. The molecule has 0 aliphatic carbocycles. The molecule has 3 aromatic carbocycles. The van der Waals surface area contributed by atoms with Crippen LogP contribution in [0, 0.1) is 0 Å². The van der Waals surface area contributed by atoms with Crippen LogP contribution in [-0.2, 0) is 16.1 Å². The van der Waals surface area contributed by atoms with E-state index >= 15 is 0 Å². The summed E-state index contributed by atoms with van der Waals surface area (Å²) >= 11 is -2.55. The minimum atomic E-state index is -2.55. The van der Waals surface area contributed by atoms with Gasteiger partial charge in [-0.05, 0) is 44.4 Å². The number of nitrogens with zero attached hydrogens (tertiary/aromatic N) is 4. The first-order chi connectivity index (χ1) is 19.8. The number of hydrogen-bond donors (Lipinski definition) is 4. The second-order valence-electron chi connectivity index (χ2n) is 9.21. The normalized spacial score (nSPS) is 11.8. The fourth-order valence-electron chi connectivity index (χ4n) is 3.94. The number of methoxy groups -OCH3 is 2. The summed E-state index contributed by atoms with van der Waals surface area (Å²) < 4.78 is 35.2. The number of ether oxygens (including phenoxy) is 2. The monoisotopic (exact) mass is 579 g/mol. The lowest BCUT2D eigenvalue weighted by atomic mass is 10.2. The first-order valence-corrected chi connectivity index (χ1v) is 13.8. The summed E-state index contributed by atoms with van der Waals surface area (Å²) in [6.45, 7) is 1.58. The molecule has 4 aromatic rings. The number of benzene rings is 3. The number of aromatic nitrogens is 2. The quantitative estimate of drug-likeness (QED) is 0.137. The van der Waals surface area contributed by atoms with Crippen molar-refractivity contribution in [2.75, 3.05) is 62.9 Å². The number of para-hydroxylation sites is 2. The summed E-state index contributed by atoms with van der Waals surface area (Å²) in [7, 11) is 7.00. The van der Waals surface area contributed by atoms with Gasteiger partial charge < -0.3 is 30.3 Å². The third kappa shape index (κ3) is 7.89. The predicted octanol–water partition coefficient (Wildman–Crippen LogP) is 3.76. The number of hydrogen-bond acceptors (Lipinski definition) is 9. The lowest BCUT2D eigenvalue weighted by molar-refractivity contribution is -0.115. The maximum absolute atomic E-state index is 12.8. The molecule has 0 fully saturated rings. The molecule has 0 saturated heterocycles. The van der Waals surface area contributed by atoms with Gasteiger partial charge in [0.15, 0.2) is 11.6 Å². The zero-order valence-corrected chi connectivity index (χ0v) is 24.1. The van der Waals surface area contributed by atoms with E-state index in [9.17, 15) is 13.6 Å². The van der Waals surface area contributed by atoms with Crippen LogP contribution in [0.2, 0.25) is 0 Å². The molecule has 1 atom stereocenters. The molecule has 0 saturated carbocycles. The fraction of sp³-hybridized carbons (Fsp3) is 0.250. The van der Waals surface area contributed by atoms with Gasteiger partial charge in [0.25, 0.3) is 11.3 Å². The summed E-state index contributed by atoms with van der Waals surface area (Å²) in [5, 5.41) is 9.11. The van der Waals surface area contributed by atoms with Crippen molar-refractivity contribution < 1.29 is 23.0 Å². The molecule has 0 spiro atoms. The molecule has 216 valence electrons. The first kappa shape index (κ1) is 29.7. The molecule has 12 nitrogen and oxygen atoms in total. The third-order valence-corrected chi connectivity index (χ3v) is 6.60. The summed E-state index contributed by atoms with van der Waals surface area (Å²) in [6.07, 6.45) is 0. The Morgan fingerprint density at radius 3 is 2.24 bits per heavy atom. The zero-order chi connectivity index (χ0) is 29.4. The van der Waals surface area contributed by atoms with E-state index in [0.717, 1.165) is 10.8 Å². The van der Waals surface area contributed by atoms with Crippen molar-refractivity contribution in [2.24, 2.45) is 0 Å². The molecule has 0 aliphatic rings. The van der Waals surface area contributed by atoms with E-state index in [4.69, 9.17) is 19.4 Å². The van der Waals surface area contributed by atoms with Crippen LogP contribution in [-0.4, -0.2) is 77.5 Å². The van der Waals surface area contributed by atoms with Crippen molar-refractivity contribution in [1.82, 2.24) is 20.2 Å². The van der Waals surface area contributed by atoms with Gasteiger partial charge in [0.05, 0.1) is 37.5 Å². The lowest BCUT2D eigenvalue weighted by Crippen LogP contribution is -2.33. The maximum atomic E-state index is 12.8. The van der Waals surface area contributed by atoms with Crippen molar-refractivity contribution >= 4 is 56.9 Å². The number of carbonyl (C=O) groups excluding carboxylic acids is 1. The highest BCUT2D eigenvalue weighted by atomic mass is 32.2.